The highest BCUT2D eigenvalue weighted by Gasteiger charge is 2.20. The zero-order valence-corrected chi connectivity index (χ0v) is 9.88. The molecule has 0 saturated carbocycles. The molecular formula is C9H12N2O2S2. The van der Waals surface area contributed by atoms with Crippen LogP contribution < -0.4 is 5.73 Å². The van der Waals surface area contributed by atoms with Gasteiger partial charge in [0.05, 0.1) is 16.4 Å². The van der Waals surface area contributed by atoms with Crippen LogP contribution in [0.2, 0.25) is 0 Å². The molecule has 4 nitrogen and oxygen atoms in total. The van der Waals surface area contributed by atoms with E-state index in [1.807, 2.05) is 0 Å². The summed E-state index contributed by atoms with van der Waals surface area (Å²) in [5.74, 6) is 0. The van der Waals surface area contributed by atoms with Crippen LogP contribution in [-0.4, -0.2) is 31.3 Å². The summed E-state index contributed by atoms with van der Waals surface area (Å²) in [4.78, 5) is 0.390. The first-order valence-corrected chi connectivity index (χ1v) is 6.09. The van der Waals surface area contributed by atoms with Crippen molar-refractivity contribution in [2.75, 3.05) is 13.6 Å². The number of benzene rings is 1. The third-order valence-electron chi connectivity index (χ3n) is 1.83. The molecule has 0 aliphatic rings. The molecule has 0 spiro atoms. The van der Waals surface area contributed by atoms with Crippen LogP contribution in [0.25, 0.3) is 0 Å². The molecule has 15 heavy (non-hydrogen) atoms. The van der Waals surface area contributed by atoms with Gasteiger partial charge in [-0.2, -0.15) is 4.31 Å². The lowest BCUT2D eigenvalue weighted by atomic mass is 10.4. The summed E-state index contributed by atoms with van der Waals surface area (Å²) in [6.45, 7) is 0.0482. The van der Waals surface area contributed by atoms with Gasteiger partial charge in [-0.1, -0.05) is 30.4 Å². The Morgan fingerprint density at radius 3 is 2.40 bits per heavy atom. The number of sulfonamides is 1. The van der Waals surface area contributed by atoms with Gasteiger partial charge in [0.2, 0.25) is 10.0 Å². The first kappa shape index (κ1) is 12.1. The van der Waals surface area contributed by atoms with E-state index in [0.29, 0.717) is 0 Å². The van der Waals surface area contributed by atoms with Gasteiger partial charge in [-0.05, 0) is 12.1 Å². The SMILES string of the molecule is CN(CC(N)=S)S(=O)(=O)c1ccccc1. The molecule has 0 aliphatic carbocycles. The molecule has 2 N–H and O–H groups in total. The van der Waals surface area contributed by atoms with Crippen LogP contribution in [0.5, 0.6) is 0 Å². The number of likely N-dealkylation sites (N-methyl/N-ethyl adjacent to an activating group) is 1. The largest absolute Gasteiger partial charge is 0.392 e. The number of hydrogen-bond donors (Lipinski definition) is 1. The Labute approximate surface area is 94.7 Å². The molecule has 0 bridgehead atoms. The molecule has 0 amide bonds. The van der Waals surface area contributed by atoms with Crippen LogP contribution >= 0.6 is 12.2 Å². The number of rotatable bonds is 4. The van der Waals surface area contributed by atoms with E-state index in [9.17, 15) is 8.42 Å². The number of thiocarbonyl (C=S) groups is 1. The molecule has 1 aromatic carbocycles. The van der Waals surface area contributed by atoms with Crippen molar-refractivity contribution in [2.45, 2.75) is 4.90 Å². The summed E-state index contributed by atoms with van der Waals surface area (Å²) in [5.41, 5.74) is 5.29. The third kappa shape index (κ3) is 2.98. The van der Waals surface area contributed by atoms with Crippen molar-refractivity contribution in [1.29, 1.82) is 0 Å². The molecular weight excluding hydrogens is 232 g/mol. The Bertz CT molecular complexity index is 442. The Hall–Kier alpha value is -0.980. The molecule has 0 heterocycles. The highest BCUT2D eigenvalue weighted by atomic mass is 32.2. The summed E-state index contributed by atoms with van der Waals surface area (Å²) < 4.78 is 24.9. The summed E-state index contributed by atoms with van der Waals surface area (Å²) in [5, 5.41) is 0. The molecule has 1 rings (SSSR count). The second-order valence-electron chi connectivity index (χ2n) is 3.04. The number of hydrogen-bond acceptors (Lipinski definition) is 3. The first-order valence-electron chi connectivity index (χ1n) is 4.24. The zero-order chi connectivity index (χ0) is 11.5. The smallest absolute Gasteiger partial charge is 0.243 e. The quantitative estimate of drug-likeness (QED) is 0.788. The van der Waals surface area contributed by atoms with Gasteiger partial charge in [-0.3, -0.25) is 0 Å². The normalized spacial score (nSPS) is 11.6. The molecule has 0 aromatic heterocycles. The van der Waals surface area contributed by atoms with Crippen LogP contribution in [0.3, 0.4) is 0 Å². The van der Waals surface area contributed by atoms with Crippen molar-refractivity contribution in [1.82, 2.24) is 4.31 Å². The number of nitrogens with two attached hydrogens (primary N) is 1. The lowest BCUT2D eigenvalue weighted by Crippen LogP contribution is -2.34. The molecule has 82 valence electrons. The highest BCUT2D eigenvalue weighted by Crippen LogP contribution is 2.12. The average molecular weight is 244 g/mol. The van der Waals surface area contributed by atoms with Gasteiger partial charge in [-0.15, -0.1) is 0 Å². The van der Waals surface area contributed by atoms with Gasteiger partial charge in [0.1, 0.15) is 0 Å². The Morgan fingerprint density at radius 1 is 1.40 bits per heavy atom. The fourth-order valence-electron chi connectivity index (χ4n) is 1.08. The van der Waals surface area contributed by atoms with E-state index in [4.69, 9.17) is 5.73 Å². The maximum atomic E-state index is 11.9. The topological polar surface area (TPSA) is 63.4 Å². The Kier molecular flexibility index (Phi) is 3.78. The van der Waals surface area contributed by atoms with Crippen molar-refractivity contribution >= 4 is 27.2 Å². The lowest BCUT2D eigenvalue weighted by Gasteiger charge is -2.15. The molecule has 0 saturated heterocycles. The highest BCUT2D eigenvalue weighted by molar-refractivity contribution is 7.89. The number of nitrogens with zero attached hydrogens (tertiary/aromatic N) is 1. The van der Waals surface area contributed by atoms with Gasteiger partial charge >= 0.3 is 0 Å². The molecule has 0 atom stereocenters. The van der Waals surface area contributed by atoms with Crippen LogP contribution in [-0.2, 0) is 10.0 Å². The summed E-state index contributed by atoms with van der Waals surface area (Å²) in [6.07, 6.45) is 0. The van der Waals surface area contributed by atoms with Crippen molar-refractivity contribution in [3.8, 4) is 0 Å². The van der Waals surface area contributed by atoms with E-state index in [1.165, 1.54) is 19.2 Å². The second-order valence-corrected chi connectivity index (χ2v) is 5.61. The Morgan fingerprint density at radius 2 is 1.93 bits per heavy atom. The predicted octanol–water partition coefficient (Wildman–Crippen LogP) is 0.593. The van der Waals surface area contributed by atoms with E-state index < -0.39 is 10.0 Å². The van der Waals surface area contributed by atoms with Crippen LogP contribution in [0, 0.1) is 0 Å². The lowest BCUT2D eigenvalue weighted by molar-refractivity contribution is 0.506. The predicted molar refractivity (Wildman–Crippen MR) is 63.0 cm³/mol. The Balaban J connectivity index is 2.99. The third-order valence-corrected chi connectivity index (χ3v) is 3.78. The van der Waals surface area contributed by atoms with Gasteiger partial charge < -0.3 is 5.73 Å². The van der Waals surface area contributed by atoms with Crippen molar-refractivity contribution in [3.05, 3.63) is 30.3 Å². The molecule has 6 heteroatoms. The van der Waals surface area contributed by atoms with E-state index in [0.717, 1.165) is 4.31 Å². The minimum atomic E-state index is -3.47. The van der Waals surface area contributed by atoms with E-state index >= 15 is 0 Å². The summed E-state index contributed by atoms with van der Waals surface area (Å²) in [6, 6.07) is 8.16. The molecule has 0 unspecified atom stereocenters. The van der Waals surface area contributed by atoms with E-state index in [-0.39, 0.29) is 16.4 Å². The molecule has 1 aromatic rings. The average Bonchev–Trinajstić information content (AvgIpc) is 2.18. The van der Waals surface area contributed by atoms with Crippen LogP contribution in [0.15, 0.2) is 35.2 Å². The fraction of sp³-hybridized carbons (Fsp3) is 0.222. The summed E-state index contributed by atoms with van der Waals surface area (Å²) >= 11 is 4.66. The standard InChI is InChI=1S/C9H12N2O2S2/c1-11(7-9(10)14)15(12,13)8-5-3-2-4-6-8/h2-6H,7H2,1H3,(H2,10,14). The zero-order valence-electron chi connectivity index (χ0n) is 8.25. The van der Waals surface area contributed by atoms with Gasteiger partial charge in [0.25, 0.3) is 0 Å². The first-order chi connectivity index (χ1) is 6.94. The van der Waals surface area contributed by atoms with Crippen LogP contribution in [0.4, 0.5) is 0 Å². The van der Waals surface area contributed by atoms with Crippen molar-refractivity contribution < 1.29 is 8.42 Å². The minimum absolute atomic E-state index is 0.0482. The van der Waals surface area contributed by atoms with Crippen molar-refractivity contribution in [3.63, 3.8) is 0 Å². The maximum Gasteiger partial charge on any atom is 0.243 e. The molecule has 0 aliphatic heterocycles. The van der Waals surface area contributed by atoms with E-state index in [2.05, 4.69) is 12.2 Å². The minimum Gasteiger partial charge on any atom is -0.392 e. The maximum absolute atomic E-state index is 11.9. The summed E-state index contributed by atoms with van der Waals surface area (Å²) in [7, 11) is -2.02. The van der Waals surface area contributed by atoms with Gasteiger partial charge in [0.15, 0.2) is 0 Å². The monoisotopic (exact) mass is 244 g/mol. The van der Waals surface area contributed by atoms with Crippen LogP contribution in [0.1, 0.15) is 0 Å². The fourth-order valence-corrected chi connectivity index (χ4v) is 2.52. The molecule has 0 radical (unpaired) electrons. The van der Waals surface area contributed by atoms with E-state index in [1.54, 1.807) is 18.2 Å². The van der Waals surface area contributed by atoms with Gasteiger partial charge in [-0.25, -0.2) is 8.42 Å². The molecule has 0 fully saturated rings. The second kappa shape index (κ2) is 4.69. The van der Waals surface area contributed by atoms with Crippen molar-refractivity contribution in [2.24, 2.45) is 5.73 Å². The van der Waals surface area contributed by atoms with Gasteiger partial charge in [0, 0.05) is 7.05 Å².